The number of carbonyl (C=O) groups excluding carboxylic acids is 1. The van der Waals surface area contributed by atoms with E-state index < -0.39 is 4.92 Å². The first-order valence-electron chi connectivity index (χ1n) is 8.39. The number of thioether (sulfide) groups is 1. The molecule has 28 heavy (non-hydrogen) atoms. The third-order valence-electron chi connectivity index (χ3n) is 4.22. The molecule has 0 spiro atoms. The maximum Gasteiger partial charge on any atom is 0.293 e. The number of aryl methyl sites for hydroxylation is 3. The summed E-state index contributed by atoms with van der Waals surface area (Å²) < 4.78 is 1.56. The summed E-state index contributed by atoms with van der Waals surface area (Å²) in [4.78, 5) is 23.0. The Morgan fingerprint density at radius 2 is 1.96 bits per heavy atom. The molecule has 144 valence electrons. The number of benzene rings is 2. The van der Waals surface area contributed by atoms with Crippen molar-refractivity contribution in [3.8, 4) is 5.69 Å². The van der Waals surface area contributed by atoms with Crippen LogP contribution in [0, 0.1) is 30.9 Å². The summed E-state index contributed by atoms with van der Waals surface area (Å²) in [6.07, 6.45) is 0. The molecule has 1 heterocycles. The van der Waals surface area contributed by atoms with Crippen LogP contribution in [0.3, 0.4) is 0 Å². The minimum Gasteiger partial charge on any atom is -0.319 e. The number of carbonyl (C=O) groups is 1. The zero-order chi connectivity index (χ0) is 20.3. The monoisotopic (exact) mass is 398 g/mol. The number of aromatic nitrogens is 4. The van der Waals surface area contributed by atoms with Gasteiger partial charge in [-0.05, 0) is 60.0 Å². The molecule has 0 saturated carbocycles. The highest BCUT2D eigenvalue weighted by Gasteiger charge is 2.19. The molecule has 1 amide bonds. The van der Waals surface area contributed by atoms with Crippen molar-refractivity contribution in [2.45, 2.75) is 25.9 Å². The number of tetrazole rings is 1. The number of hydrogen-bond acceptors (Lipinski definition) is 7. The molecule has 9 nitrogen and oxygen atoms in total. The number of rotatable bonds is 6. The van der Waals surface area contributed by atoms with Gasteiger partial charge in [-0.2, -0.15) is 4.68 Å². The van der Waals surface area contributed by atoms with E-state index in [2.05, 4.69) is 20.8 Å². The fourth-order valence-electron chi connectivity index (χ4n) is 2.56. The molecule has 10 heteroatoms. The SMILES string of the molecule is Cc1ccc(-n2nnnc2SCC(=O)Nc2c(C)cccc2[N+](=O)[O-])cc1C. The smallest absolute Gasteiger partial charge is 0.293 e. The first-order valence-corrected chi connectivity index (χ1v) is 9.38. The molecule has 3 rings (SSSR count). The van der Waals surface area contributed by atoms with Crippen molar-refractivity contribution < 1.29 is 9.72 Å². The predicted molar refractivity (Wildman–Crippen MR) is 106 cm³/mol. The Hall–Kier alpha value is -3.27. The van der Waals surface area contributed by atoms with Gasteiger partial charge in [0, 0.05) is 6.07 Å². The molecule has 0 aliphatic carbocycles. The molecule has 2 aromatic carbocycles. The average Bonchev–Trinajstić information content (AvgIpc) is 3.12. The summed E-state index contributed by atoms with van der Waals surface area (Å²) >= 11 is 1.15. The number of nitrogens with one attached hydrogen (secondary N) is 1. The summed E-state index contributed by atoms with van der Waals surface area (Å²) in [6.45, 7) is 5.72. The highest BCUT2D eigenvalue weighted by atomic mass is 32.2. The van der Waals surface area contributed by atoms with E-state index in [4.69, 9.17) is 0 Å². The van der Waals surface area contributed by atoms with Crippen LogP contribution < -0.4 is 5.32 Å². The predicted octanol–water partition coefficient (Wildman–Crippen LogP) is 3.23. The normalized spacial score (nSPS) is 10.7. The number of anilines is 1. The van der Waals surface area contributed by atoms with Crippen LogP contribution in [0.15, 0.2) is 41.6 Å². The summed E-state index contributed by atoms with van der Waals surface area (Å²) in [5.41, 5.74) is 3.74. The fraction of sp³-hybridized carbons (Fsp3) is 0.222. The quantitative estimate of drug-likeness (QED) is 0.385. The standard InChI is InChI=1S/C18H18N6O3S/c1-11-7-8-14(9-13(11)3)23-18(20-21-22-23)28-10-16(25)19-17-12(2)5-4-6-15(17)24(26)27/h4-9H,10H2,1-3H3,(H,19,25). The van der Waals surface area contributed by atoms with Crippen LogP contribution in [0.5, 0.6) is 0 Å². The lowest BCUT2D eigenvalue weighted by molar-refractivity contribution is -0.384. The molecule has 0 atom stereocenters. The minimum atomic E-state index is -0.518. The van der Waals surface area contributed by atoms with Gasteiger partial charge in [-0.3, -0.25) is 14.9 Å². The molecule has 3 aromatic rings. The highest BCUT2D eigenvalue weighted by molar-refractivity contribution is 7.99. The first-order chi connectivity index (χ1) is 13.4. The van der Waals surface area contributed by atoms with E-state index in [0.29, 0.717) is 10.7 Å². The largest absolute Gasteiger partial charge is 0.319 e. The lowest BCUT2D eigenvalue weighted by Crippen LogP contribution is -2.16. The van der Waals surface area contributed by atoms with Gasteiger partial charge >= 0.3 is 0 Å². The third kappa shape index (κ3) is 4.17. The molecule has 0 saturated heterocycles. The molecule has 0 radical (unpaired) electrons. The van der Waals surface area contributed by atoms with Crippen molar-refractivity contribution in [3.05, 3.63) is 63.2 Å². The molecule has 1 N–H and O–H groups in total. The van der Waals surface area contributed by atoms with E-state index in [-0.39, 0.29) is 23.0 Å². The van der Waals surface area contributed by atoms with E-state index in [0.717, 1.165) is 28.6 Å². The van der Waals surface area contributed by atoms with Crippen molar-refractivity contribution in [2.75, 3.05) is 11.1 Å². The first kappa shape index (κ1) is 19.5. The summed E-state index contributed by atoms with van der Waals surface area (Å²) in [7, 11) is 0. The second kappa shape index (κ2) is 8.17. The Labute approximate surface area is 165 Å². The number of para-hydroxylation sites is 1. The Morgan fingerprint density at radius 1 is 1.18 bits per heavy atom. The number of amides is 1. The Balaban J connectivity index is 1.73. The topological polar surface area (TPSA) is 116 Å². The molecule has 0 unspecified atom stereocenters. The van der Waals surface area contributed by atoms with Crippen molar-refractivity contribution in [1.29, 1.82) is 0 Å². The van der Waals surface area contributed by atoms with Gasteiger partial charge < -0.3 is 5.32 Å². The van der Waals surface area contributed by atoms with Gasteiger partial charge in [0.25, 0.3) is 5.69 Å². The maximum atomic E-state index is 12.3. The molecule has 0 bridgehead atoms. The van der Waals surface area contributed by atoms with Crippen molar-refractivity contribution in [1.82, 2.24) is 20.2 Å². The Morgan fingerprint density at radius 3 is 2.68 bits per heavy atom. The molecule has 0 aliphatic rings. The van der Waals surface area contributed by atoms with Gasteiger partial charge in [0.2, 0.25) is 11.1 Å². The molecule has 0 aliphatic heterocycles. The lowest BCUT2D eigenvalue weighted by atomic mass is 10.1. The summed E-state index contributed by atoms with van der Waals surface area (Å²) in [6, 6.07) is 10.5. The zero-order valence-corrected chi connectivity index (χ0v) is 16.4. The van der Waals surface area contributed by atoms with Gasteiger partial charge in [0.15, 0.2) is 0 Å². The summed E-state index contributed by atoms with van der Waals surface area (Å²) in [5, 5.41) is 25.9. The van der Waals surface area contributed by atoms with E-state index in [1.54, 1.807) is 23.7 Å². The number of hydrogen-bond donors (Lipinski definition) is 1. The van der Waals surface area contributed by atoms with Gasteiger partial charge in [0.05, 0.1) is 16.4 Å². The van der Waals surface area contributed by atoms with Crippen LogP contribution in [-0.4, -0.2) is 36.8 Å². The van der Waals surface area contributed by atoms with Crippen LogP contribution in [-0.2, 0) is 4.79 Å². The van der Waals surface area contributed by atoms with Crippen LogP contribution >= 0.6 is 11.8 Å². The molecule has 0 fully saturated rings. The van der Waals surface area contributed by atoms with Crippen LogP contribution in [0.25, 0.3) is 5.69 Å². The van der Waals surface area contributed by atoms with E-state index in [1.807, 2.05) is 32.0 Å². The van der Waals surface area contributed by atoms with Crippen LogP contribution in [0.4, 0.5) is 11.4 Å². The van der Waals surface area contributed by atoms with E-state index in [9.17, 15) is 14.9 Å². The van der Waals surface area contributed by atoms with Crippen molar-refractivity contribution >= 4 is 29.0 Å². The Bertz CT molecular complexity index is 1050. The fourth-order valence-corrected chi connectivity index (χ4v) is 3.25. The minimum absolute atomic E-state index is 0.0106. The zero-order valence-electron chi connectivity index (χ0n) is 15.5. The van der Waals surface area contributed by atoms with E-state index in [1.165, 1.54) is 6.07 Å². The highest BCUT2D eigenvalue weighted by Crippen LogP contribution is 2.28. The Kier molecular flexibility index (Phi) is 5.69. The van der Waals surface area contributed by atoms with Gasteiger partial charge in [-0.15, -0.1) is 5.10 Å². The number of nitro benzene ring substituents is 1. The molecular formula is C18H18N6O3S. The van der Waals surface area contributed by atoms with E-state index >= 15 is 0 Å². The maximum absolute atomic E-state index is 12.3. The summed E-state index contributed by atoms with van der Waals surface area (Å²) in [5.74, 6) is -0.367. The van der Waals surface area contributed by atoms with Crippen LogP contribution in [0.2, 0.25) is 0 Å². The second-order valence-electron chi connectivity index (χ2n) is 6.20. The van der Waals surface area contributed by atoms with Gasteiger partial charge in [0.1, 0.15) is 5.69 Å². The van der Waals surface area contributed by atoms with Crippen molar-refractivity contribution in [3.63, 3.8) is 0 Å². The number of nitro groups is 1. The number of nitrogens with zero attached hydrogens (tertiary/aromatic N) is 5. The molecule has 1 aromatic heterocycles. The lowest BCUT2D eigenvalue weighted by Gasteiger charge is -2.09. The van der Waals surface area contributed by atoms with Crippen LogP contribution in [0.1, 0.15) is 16.7 Å². The van der Waals surface area contributed by atoms with Gasteiger partial charge in [-0.25, -0.2) is 0 Å². The molecular weight excluding hydrogens is 380 g/mol. The second-order valence-corrected chi connectivity index (χ2v) is 7.15. The van der Waals surface area contributed by atoms with Gasteiger partial charge in [-0.1, -0.05) is 30.0 Å². The van der Waals surface area contributed by atoms with Crippen molar-refractivity contribution in [2.24, 2.45) is 0 Å². The third-order valence-corrected chi connectivity index (χ3v) is 5.14. The average molecular weight is 398 g/mol.